The Morgan fingerprint density at radius 3 is 2.29 bits per heavy atom. The zero-order chi connectivity index (χ0) is 23.4. The minimum atomic E-state index is -5.75. The lowest BCUT2D eigenvalue weighted by atomic mass is 9.89. The van der Waals surface area contributed by atoms with Crippen LogP contribution >= 0.6 is 0 Å². The minimum absolute atomic E-state index is 0.262. The zero-order valence-corrected chi connectivity index (χ0v) is 18.8. The molecule has 168 valence electrons. The van der Waals surface area contributed by atoms with Crippen LogP contribution in [0.5, 0.6) is 5.75 Å². The summed E-state index contributed by atoms with van der Waals surface area (Å²) in [6.07, 6.45) is 1.84. The molecule has 0 aliphatic rings. The van der Waals surface area contributed by atoms with Crippen molar-refractivity contribution in [3.05, 3.63) is 53.1 Å². The van der Waals surface area contributed by atoms with Gasteiger partial charge in [0.25, 0.3) is 0 Å². The summed E-state index contributed by atoms with van der Waals surface area (Å²) in [6.45, 7) is 7.69. The standard InChI is InChI=1S/C23H26F3NO3S/c1-15(2)12-19-13-17(6-5-11-27)7-9-20(19)18-8-10-22(21(14-18)16(3)4)30-31(28,29)23(24,25)26/h7-10,13-16H,5-6,12H2,1-4H3. The number of hydrogen-bond acceptors (Lipinski definition) is 4. The number of nitriles is 1. The van der Waals surface area contributed by atoms with Crippen molar-refractivity contribution in [2.45, 2.75) is 58.4 Å². The summed E-state index contributed by atoms with van der Waals surface area (Å²) in [5.41, 5.74) is -1.33. The van der Waals surface area contributed by atoms with E-state index in [1.807, 2.05) is 12.1 Å². The van der Waals surface area contributed by atoms with Crippen LogP contribution in [0.25, 0.3) is 11.1 Å². The lowest BCUT2D eigenvalue weighted by Crippen LogP contribution is -2.28. The molecule has 0 spiro atoms. The lowest BCUT2D eigenvalue weighted by Gasteiger charge is -2.18. The Labute approximate surface area is 181 Å². The molecule has 0 saturated carbocycles. The summed E-state index contributed by atoms with van der Waals surface area (Å²) < 4.78 is 65.7. The van der Waals surface area contributed by atoms with Crippen molar-refractivity contribution in [2.75, 3.05) is 0 Å². The molecule has 0 heterocycles. The van der Waals surface area contributed by atoms with E-state index in [4.69, 9.17) is 5.26 Å². The van der Waals surface area contributed by atoms with Crippen LogP contribution in [-0.2, 0) is 23.0 Å². The summed E-state index contributed by atoms with van der Waals surface area (Å²) in [7, 11) is -5.75. The van der Waals surface area contributed by atoms with E-state index in [9.17, 15) is 21.6 Å². The molecule has 0 unspecified atom stereocenters. The van der Waals surface area contributed by atoms with Crippen LogP contribution in [-0.4, -0.2) is 13.9 Å². The van der Waals surface area contributed by atoms with Gasteiger partial charge in [-0.3, -0.25) is 0 Å². The van der Waals surface area contributed by atoms with Gasteiger partial charge in [0.05, 0.1) is 6.07 Å². The second-order valence-corrected chi connectivity index (χ2v) is 9.68. The van der Waals surface area contributed by atoms with Gasteiger partial charge in [-0.05, 0) is 64.6 Å². The van der Waals surface area contributed by atoms with Crippen LogP contribution in [0.4, 0.5) is 13.2 Å². The monoisotopic (exact) mass is 453 g/mol. The SMILES string of the molecule is CC(C)Cc1cc(CCC#N)ccc1-c1ccc(OS(=O)(=O)C(F)(F)F)c(C(C)C)c1. The quantitative estimate of drug-likeness (QED) is 0.345. The Hall–Kier alpha value is -2.53. The van der Waals surface area contributed by atoms with Gasteiger partial charge in [-0.1, -0.05) is 52.0 Å². The van der Waals surface area contributed by atoms with Crippen molar-refractivity contribution in [2.24, 2.45) is 5.92 Å². The smallest absolute Gasteiger partial charge is 0.376 e. The van der Waals surface area contributed by atoms with E-state index in [1.54, 1.807) is 26.0 Å². The number of aryl methyl sites for hydroxylation is 1. The van der Waals surface area contributed by atoms with Gasteiger partial charge in [-0.15, -0.1) is 0 Å². The maximum Gasteiger partial charge on any atom is 0.534 e. The topological polar surface area (TPSA) is 67.2 Å². The van der Waals surface area contributed by atoms with Crippen LogP contribution in [0.2, 0.25) is 0 Å². The number of halogens is 3. The highest BCUT2D eigenvalue weighted by Crippen LogP contribution is 2.36. The molecule has 2 aromatic rings. The Bertz CT molecular complexity index is 1070. The largest absolute Gasteiger partial charge is 0.534 e. The van der Waals surface area contributed by atoms with Gasteiger partial charge in [-0.2, -0.15) is 26.9 Å². The van der Waals surface area contributed by atoms with E-state index >= 15 is 0 Å². The molecule has 0 radical (unpaired) electrons. The fraction of sp³-hybridized carbons (Fsp3) is 0.435. The molecule has 0 aliphatic heterocycles. The summed E-state index contributed by atoms with van der Waals surface area (Å²) in [6, 6.07) is 12.6. The molecule has 0 aliphatic carbocycles. The molecule has 8 heteroatoms. The van der Waals surface area contributed by atoms with Gasteiger partial charge >= 0.3 is 15.6 Å². The molecule has 2 aromatic carbocycles. The average Bonchev–Trinajstić information content (AvgIpc) is 2.65. The summed E-state index contributed by atoms with van der Waals surface area (Å²) in [5, 5.41) is 8.84. The lowest BCUT2D eigenvalue weighted by molar-refractivity contribution is -0.0500. The van der Waals surface area contributed by atoms with Gasteiger partial charge in [0.15, 0.2) is 0 Å². The summed E-state index contributed by atoms with van der Waals surface area (Å²) >= 11 is 0. The number of benzene rings is 2. The molecule has 0 amide bonds. The fourth-order valence-corrected chi connectivity index (χ4v) is 3.78. The second-order valence-electron chi connectivity index (χ2n) is 8.14. The number of alkyl halides is 3. The Morgan fingerprint density at radius 2 is 1.74 bits per heavy atom. The Balaban J connectivity index is 2.54. The van der Waals surface area contributed by atoms with Crippen LogP contribution in [0.3, 0.4) is 0 Å². The number of hydrogen-bond donors (Lipinski definition) is 0. The van der Waals surface area contributed by atoms with E-state index in [-0.39, 0.29) is 11.7 Å². The predicted molar refractivity (Wildman–Crippen MR) is 114 cm³/mol. The third-order valence-electron chi connectivity index (χ3n) is 4.75. The van der Waals surface area contributed by atoms with E-state index < -0.39 is 15.6 Å². The molecule has 0 N–H and O–H groups in total. The first-order chi connectivity index (χ1) is 14.4. The van der Waals surface area contributed by atoms with E-state index in [1.165, 1.54) is 6.07 Å². The van der Waals surface area contributed by atoms with Gasteiger partial charge in [-0.25, -0.2) is 0 Å². The third-order valence-corrected chi connectivity index (χ3v) is 5.71. The van der Waals surface area contributed by atoms with Crippen molar-refractivity contribution in [1.29, 1.82) is 5.26 Å². The first-order valence-corrected chi connectivity index (χ1v) is 11.4. The van der Waals surface area contributed by atoms with Crippen molar-refractivity contribution in [1.82, 2.24) is 0 Å². The molecule has 0 aromatic heterocycles. The van der Waals surface area contributed by atoms with Gasteiger partial charge in [0.1, 0.15) is 5.75 Å². The van der Waals surface area contributed by atoms with Gasteiger partial charge in [0.2, 0.25) is 0 Å². The molecule has 0 saturated heterocycles. The van der Waals surface area contributed by atoms with Gasteiger partial charge in [0, 0.05) is 6.42 Å². The molecule has 2 rings (SSSR count). The Kier molecular flexibility index (Phi) is 7.77. The highest BCUT2D eigenvalue weighted by atomic mass is 32.2. The van der Waals surface area contributed by atoms with E-state index in [0.29, 0.717) is 24.3 Å². The molecular weight excluding hydrogens is 427 g/mol. The highest BCUT2D eigenvalue weighted by molar-refractivity contribution is 7.88. The molecular formula is C23H26F3NO3S. The van der Waals surface area contributed by atoms with Crippen molar-refractivity contribution >= 4 is 10.1 Å². The number of rotatable bonds is 8. The maximum atomic E-state index is 12.8. The third kappa shape index (κ3) is 6.23. The maximum absolute atomic E-state index is 12.8. The normalized spacial score (nSPS) is 12.3. The molecule has 0 fully saturated rings. The predicted octanol–water partition coefficient (Wildman–Crippen LogP) is 6.36. The van der Waals surface area contributed by atoms with Crippen LogP contribution in [0.15, 0.2) is 36.4 Å². The molecule has 0 bridgehead atoms. The molecule has 31 heavy (non-hydrogen) atoms. The highest BCUT2D eigenvalue weighted by Gasteiger charge is 2.48. The van der Waals surface area contributed by atoms with Gasteiger partial charge < -0.3 is 4.18 Å². The first kappa shape index (κ1) is 24.7. The van der Waals surface area contributed by atoms with E-state index in [0.717, 1.165) is 28.7 Å². The zero-order valence-electron chi connectivity index (χ0n) is 18.0. The van der Waals surface area contributed by atoms with Crippen LogP contribution in [0.1, 0.15) is 56.7 Å². The second kappa shape index (κ2) is 9.73. The summed E-state index contributed by atoms with van der Waals surface area (Å²) in [4.78, 5) is 0. The van der Waals surface area contributed by atoms with E-state index in [2.05, 4.69) is 30.2 Å². The molecule has 0 atom stereocenters. The van der Waals surface area contributed by atoms with Crippen LogP contribution in [0, 0.1) is 17.2 Å². The van der Waals surface area contributed by atoms with Crippen molar-refractivity contribution in [3.8, 4) is 22.9 Å². The average molecular weight is 454 g/mol. The van der Waals surface area contributed by atoms with Crippen molar-refractivity contribution in [3.63, 3.8) is 0 Å². The Morgan fingerprint density at radius 1 is 1.06 bits per heavy atom. The number of nitrogens with zero attached hydrogens (tertiary/aromatic N) is 1. The van der Waals surface area contributed by atoms with Crippen LogP contribution < -0.4 is 4.18 Å². The fourth-order valence-electron chi connectivity index (χ4n) is 3.30. The molecule has 4 nitrogen and oxygen atoms in total. The minimum Gasteiger partial charge on any atom is -0.376 e. The summed E-state index contributed by atoms with van der Waals surface area (Å²) in [5.74, 6) is -0.219. The van der Waals surface area contributed by atoms with Crippen molar-refractivity contribution < 1.29 is 25.8 Å². The first-order valence-electron chi connectivity index (χ1n) is 9.99.